The summed E-state index contributed by atoms with van der Waals surface area (Å²) in [5.41, 5.74) is 4.73. The van der Waals surface area contributed by atoms with E-state index in [4.69, 9.17) is 15.2 Å². The van der Waals surface area contributed by atoms with Gasteiger partial charge in [-0.15, -0.1) is 0 Å². The molecule has 5 atom stereocenters. The van der Waals surface area contributed by atoms with Crippen LogP contribution in [0.25, 0.3) is 0 Å². The van der Waals surface area contributed by atoms with Gasteiger partial charge in [0.1, 0.15) is 6.10 Å². The molecular weight excluding hydrogens is 374 g/mol. The van der Waals surface area contributed by atoms with Crippen molar-refractivity contribution >= 4 is 12.1 Å². The van der Waals surface area contributed by atoms with E-state index >= 15 is 0 Å². The van der Waals surface area contributed by atoms with Crippen molar-refractivity contribution in [3.05, 3.63) is 42.4 Å². The molecule has 0 unspecified atom stereocenters. The van der Waals surface area contributed by atoms with Crippen LogP contribution in [0, 0.1) is 18.3 Å². The third-order valence-corrected chi connectivity index (χ3v) is 4.73. The van der Waals surface area contributed by atoms with Crippen LogP contribution in [0.5, 0.6) is 0 Å². The molecule has 29 heavy (non-hydrogen) atoms. The van der Waals surface area contributed by atoms with Gasteiger partial charge in [-0.1, -0.05) is 44.2 Å². The third kappa shape index (κ3) is 10.3. The normalized spacial score (nSPS) is 32.0. The monoisotopic (exact) mass is 408 g/mol. The molecular formula is C22H34NO6. The number of aliphatic hydroxyl groups is 2. The smallest absolute Gasteiger partial charge is 0.404 e. The number of hydrogen-bond acceptors (Lipinski definition) is 6. The van der Waals surface area contributed by atoms with Gasteiger partial charge in [0.05, 0.1) is 24.7 Å². The summed E-state index contributed by atoms with van der Waals surface area (Å²) < 4.78 is 10.4. The minimum absolute atomic E-state index is 0.0188. The molecule has 0 bridgehead atoms. The van der Waals surface area contributed by atoms with E-state index in [2.05, 4.69) is 0 Å². The molecule has 1 radical (unpaired) electrons. The summed E-state index contributed by atoms with van der Waals surface area (Å²) in [6.07, 6.45) is 9.21. The van der Waals surface area contributed by atoms with E-state index < -0.39 is 29.9 Å². The molecule has 0 aromatic heterocycles. The predicted octanol–water partition coefficient (Wildman–Crippen LogP) is 2.82. The number of allylic oxidation sites excluding steroid dienone is 2. The summed E-state index contributed by atoms with van der Waals surface area (Å²) >= 11 is 0. The van der Waals surface area contributed by atoms with Crippen LogP contribution in [0.15, 0.2) is 36.0 Å². The van der Waals surface area contributed by atoms with Gasteiger partial charge in [-0.25, -0.2) is 4.79 Å². The maximum absolute atomic E-state index is 12.3. The van der Waals surface area contributed by atoms with Crippen LogP contribution in [-0.4, -0.2) is 46.7 Å². The molecule has 0 saturated carbocycles. The average molecular weight is 409 g/mol. The van der Waals surface area contributed by atoms with Crippen LogP contribution in [0.1, 0.15) is 47.0 Å². The first kappa shape index (κ1) is 24.9. The van der Waals surface area contributed by atoms with E-state index in [1.807, 2.05) is 45.1 Å². The lowest BCUT2D eigenvalue weighted by molar-refractivity contribution is -0.151. The van der Waals surface area contributed by atoms with Crippen molar-refractivity contribution in [2.45, 2.75) is 64.8 Å². The number of carbonyl (C=O) groups excluding carboxylic acids is 2. The van der Waals surface area contributed by atoms with Gasteiger partial charge in [0.2, 0.25) is 0 Å². The van der Waals surface area contributed by atoms with Crippen LogP contribution < -0.4 is 5.73 Å². The van der Waals surface area contributed by atoms with Gasteiger partial charge >= 0.3 is 12.1 Å². The van der Waals surface area contributed by atoms with Gasteiger partial charge in [0.25, 0.3) is 0 Å². The third-order valence-electron chi connectivity index (χ3n) is 4.73. The Hall–Kier alpha value is -2.12. The number of esters is 1. The number of nitrogens with two attached hydrogens (primary N) is 1. The fraction of sp³-hybridized carbons (Fsp3) is 0.591. The summed E-state index contributed by atoms with van der Waals surface area (Å²) in [4.78, 5) is 22.9. The van der Waals surface area contributed by atoms with Crippen LogP contribution in [0.4, 0.5) is 4.79 Å². The molecule has 1 aliphatic heterocycles. The molecule has 0 aliphatic carbocycles. The van der Waals surface area contributed by atoms with Crippen LogP contribution in [0.2, 0.25) is 0 Å². The second-order valence-corrected chi connectivity index (χ2v) is 7.98. The van der Waals surface area contributed by atoms with Gasteiger partial charge in [-0.05, 0) is 32.3 Å². The van der Waals surface area contributed by atoms with Gasteiger partial charge < -0.3 is 25.4 Å². The van der Waals surface area contributed by atoms with Crippen molar-refractivity contribution in [3.63, 3.8) is 0 Å². The number of amides is 1. The molecule has 1 amide bonds. The molecule has 0 aromatic rings. The lowest BCUT2D eigenvalue weighted by atomic mass is 9.91. The lowest BCUT2D eigenvalue weighted by Gasteiger charge is -2.27. The fourth-order valence-electron chi connectivity index (χ4n) is 2.94. The second kappa shape index (κ2) is 11.8. The Morgan fingerprint density at radius 1 is 1.52 bits per heavy atom. The molecule has 7 nitrogen and oxygen atoms in total. The first-order chi connectivity index (χ1) is 13.5. The highest BCUT2D eigenvalue weighted by molar-refractivity contribution is 5.70. The van der Waals surface area contributed by atoms with Gasteiger partial charge in [-0.2, -0.15) is 0 Å². The van der Waals surface area contributed by atoms with Crippen LogP contribution >= 0.6 is 0 Å². The van der Waals surface area contributed by atoms with E-state index in [-0.39, 0.29) is 24.9 Å². The first-order valence-electron chi connectivity index (χ1n) is 9.90. The summed E-state index contributed by atoms with van der Waals surface area (Å²) in [6, 6.07) is 0. The van der Waals surface area contributed by atoms with Crippen molar-refractivity contribution in [2.75, 3.05) is 6.61 Å². The van der Waals surface area contributed by atoms with E-state index in [1.54, 1.807) is 19.4 Å². The molecule has 1 heterocycles. The molecule has 0 aromatic carbocycles. The SMILES string of the molecule is C/C(=C\C=C\[C@@H](C)COC(N)=O)[C@H]1OC(=O)C[C@@H](O)CC[C@@](C)(O)[CH]/C=C/[C@@H]1C. The molecule has 0 saturated heterocycles. The summed E-state index contributed by atoms with van der Waals surface area (Å²) in [5.74, 6) is -0.635. The zero-order chi connectivity index (χ0) is 22.0. The first-order valence-corrected chi connectivity index (χ1v) is 9.90. The lowest BCUT2D eigenvalue weighted by Crippen LogP contribution is -2.30. The Morgan fingerprint density at radius 2 is 2.21 bits per heavy atom. The van der Waals surface area contributed by atoms with E-state index in [0.717, 1.165) is 5.57 Å². The predicted molar refractivity (Wildman–Crippen MR) is 111 cm³/mol. The average Bonchev–Trinajstić information content (AvgIpc) is 2.61. The molecule has 1 aliphatic rings. The number of ether oxygens (including phenoxy) is 2. The summed E-state index contributed by atoms with van der Waals surface area (Å²) in [7, 11) is 0. The second-order valence-electron chi connectivity index (χ2n) is 7.98. The quantitative estimate of drug-likeness (QED) is 0.475. The minimum Gasteiger partial charge on any atom is -0.457 e. The number of cyclic esters (lactones) is 1. The van der Waals surface area contributed by atoms with Crippen LogP contribution in [-0.2, 0) is 14.3 Å². The number of carbonyl (C=O) groups is 2. The zero-order valence-electron chi connectivity index (χ0n) is 17.7. The van der Waals surface area contributed by atoms with Crippen molar-refractivity contribution in [1.82, 2.24) is 0 Å². The number of rotatable bonds is 5. The standard InChI is InChI=1S/C22H34NO6/c1-15(14-28-21(23)26)7-5-8-16(2)20-17(3)9-6-11-22(4,27)12-10-18(24)13-19(25)29-20/h5-9,11,15,17-18,20,24,27H,10,12-14H2,1-4H3,(H2,23,26)/b7-5+,9-6+,16-8+/t15-,17+,18+,20-,22+/m1/s1. The molecule has 163 valence electrons. The summed E-state index contributed by atoms with van der Waals surface area (Å²) in [6.45, 7) is 7.52. The summed E-state index contributed by atoms with van der Waals surface area (Å²) in [5, 5.41) is 20.4. The largest absolute Gasteiger partial charge is 0.457 e. The van der Waals surface area contributed by atoms with E-state index in [1.165, 1.54) is 0 Å². The van der Waals surface area contributed by atoms with Crippen molar-refractivity contribution in [1.29, 1.82) is 0 Å². The Labute approximate surface area is 173 Å². The van der Waals surface area contributed by atoms with Gasteiger partial charge in [-0.3, -0.25) is 4.79 Å². The van der Waals surface area contributed by atoms with Gasteiger partial charge in [0.15, 0.2) is 0 Å². The molecule has 0 fully saturated rings. The topological polar surface area (TPSA) is 119 Å². The molecule has 7 heteroatoms. The zero-order valence-corrected chi connectivity index (χ0v) is 17.7. The number of primary amides is 1. The van der Waals surface area contributed by atoms with Crippen molar-refractivity contribution in [3.8, 4) is 0 Å². The Morgan fingerprint density at radius 3 is 2.86 bits per heavy atom. The maximum Gasteiger partial charge on any atom is 0.404 e. The Balaban J connectivity index is 2.92. The van der Waals surface area contributed by atoms with E-state index in [0.29, 0.717) is 12.8 Å². The number of aliphatic hydroxyl groups excluding tert-OH is 1. The maximum atomic E-state index is 12.3. The van der Waals surface area contributed by atoms with Crippen molar-refractivity contribution < 1.29 is 29.3 Å². The van der Waals surface area contributed by atoms with Gasteiger partial charge in [0, 0.05) is 18.3 Å². The molecule has 0 spiro atoms. The molecule has 4 N–H and O–H groups in total. The van der Waals surface area contributed by atoms with E-state index in [9.17, 15) is 19.8 Å². The highest BCUT2D eigenvalue weighted by Crippen LogP contribution is 2.24. The highest BCUT2D eigenvalue weighted by Gasteiger charge is 2.26. The van der Waals surface area contributed by atoms with Crippen LogP contribution in [0.3, 0.4) is 0 Å². The highest BCUT2D eigenvalue weighted by atomic mass is 16.5. The Bertz CT molecular complexity index is 637. The molecule has 1 rings (SSSR count). The van der Waals surface area contributed by atoms with Crippen molar-refractivity contribution in [2.24, 2.45) is 17.6 Å². The number of hydrogen-bond donors (Lipinski definition) is 3. The Kier molecular flexibility index (Phi) is 10.1. The fourth-order valence-corrected chi connectivity index (χ4v) is 2.94. The minimum atomic E-state index is -1.05.